The summed E-state index contributed by atoms with van der Waals surface area (Å²) >= 11 is 0. The average molecular weight is 554 g/mol. The van der Waals surface area contributed by atoms with Gasteiger partial charge in [0.2, 0.25) is 11.8 Å². The van der Waals surface area contributed by atoms with Gasteiger partial charge in [-0.1, -0.05) is 55.7 Å². The predicted octanol–water partition coefficient (Wildman–Crippen LogP) is 5.75. The summed E-state index contributed by atoms with van der Waals surface area (Å²) in [5, 5.41) is 0. The first kappa shape index (κ1) is 27.3. The van der Waals surface area contributed by atoms with Gasteiger partial charge in [-0.3, -0.25) is 9.69 Å². The molecule has 3 aromatic rings. The standard InChI is InChI=1S/C33H39N5O3/c34-32(39)26-12-14-29(15-13-26)41-31-16-11-24(21-35-31)22-36-19-17-28(18-20-36)38-30(25-7-3-1-4-8-25)23-37(33(38)40)27-9-5-2-6-10-27/h1,3-4,7-8,11-16,21,27-28,30H,2,5-6,9-10,17-20,22-23H2,(H2,34,39). The Kier molecular flexibility index (Phi) is 8.19. The minimum atomic E-state index is -0.465. The van der Waals surface area contributed by atoms with Crippen LogP contribution in [0.5, 0.6) is 11.6 Å². The van der Waals surface area contributed by atoms with Crippen molar-refractivity contribution in [3.05, 3.63) is 89.6 Å². The molecule has 41 heavy (non-hydrogen) atoms. The Bertz CT molecular complexity index is 1320. The summed E-state index contributed by atoms with van der Waals surface area (Å²) in [6, 6.07) is 22.2. The Balaban J connectivity index is 1.06. The number of likely N-dealkylation sites (tertiary alicyclic amines) is 1. The molecule has 1 atom stereocenters. The number of rotatable bonds is 8. The molecule has 1 saturated carbocycles. The molecule has 2 aliphatic heterocycles. The van der Waals surface area contributed by atoms with Crippen molar-refractivity contribution in [1.29, 1.82) is 0 Å². The van der Waals surface area contributed by atoms with Crippen molar-refractivity contribution in [2.45, 2.75) is 69.6 Å². The molecule has 1 unspecified atom stereocenters. The number of piperidine rings is 1. The van der Waals surface area contributed by atoms with Gasteiger partial charge in [0.15, 0.2) is 0 Å². The SMILES string of the molecule is NC(=O)c1ccc(Oc2ccc(CN3CCC(N4C(=O)N(C5CCCCC5)CC4c4ccccc4)CC3)cn2)cc1. The first-order valence-electron chi connectivity index (χ1n) is 14.9. The number of aromatic nitrogens is 1. The number of nitrogens with two attached hydrogens (primary N) is 1. The molecule has 0 spiro atoms. The van der Waals surface area contributed by atoms with Crippen molar-refractivity contribution >= 4 is 11.9 Å². The summed E-state index contributed by atoms with van der Waals surface area (Å²) in [5.74, 6) is 0.637. The highest BCUT2D eigenvalue weighted by molar-refractivity contribution is 5.92. The minimum absolute atomic E-state index is 0.130. The second-order valence-electron chi connectivity index (χ2n) is 11.6. The van der Waals surface area contributed by atoms with Crippen LogP contribution in [0.25, 0.3) is 0 Å². The zero-order chi connectivity index (χ0) is 28.2. The second-order valence-corrected chi connectivity index (χ2v) is 11.6. The zero-order valence-electron chi connectivity index (χ0n) is 23.5. The van der Waals surface area contributed by atoms with Gasteiger partial charge < -0.3 is 20.3 Å². The largest absolute Gasteiger partial charge is 0.439 e. The number of hydrogen-bond donors (Lipinski definition) is 1. The summed E-state index contributed by atoms with van der Waals surface area (Å²) in [7, 11) is 0. The second kappa shape index (κ2) is 12.3. The average Bonchev–Trinajstić information content (AvgIpc) is 3.36. The normalized spacial score (nSPS) is 20.9. The van der Waals surface area contributed by atoms with Crippen molar-refractivity contribution in [2.24, 2.45) is 5.73 Å². The molecular formula is C33H39N5O3. The van der Waals surface area contributed by atoms with Crippen LogP contribution >= 0.6 is 0 Å². The van der Waals surface area contributed by atoms with E-state index in [1.807, 2.05) is 18.3 Å². The van der Waals surface area contributed by atoms with E-state index in [0.29, 0.717) is 23.2 Å². The van der Waals surface area contributed by atoms with Gasteiger partial charge in [-0.25, -0.2) is 9.78 Å². The molecule has 0 radical (unpaired) electrons. The van der Waals surface area contributed by atoms with E-state index in [9.17, 15) is 9.59 Å². The zero-order valence-corrected chi connectivity index (χ0v) is 23.5. The minimum Gasteiger partial charge on any atom is -0.439 e. The highest BCUT2D eigenvalue weighted by atomic mass is 16.5. The molecule has 2 saturated heterocycles. The molecule has 2 N–H and O–H groups in total. The summed E-state index contributed by atoms with van der Waals surface area (Å²) in [4.78, 5) is 36.5. The van der Waals surface area contributed by atoms with Crippen LogP contribution in [0.3, 0.4) is 0 Å². The first-order valence-corrected chi connectivity index (χ1v) is 14.9. The number of benzene rings is 2. The van der Waals surface area contributed by atoms with Crippen LogP contribution in [0.4, 0.5) is 4.79 Å². The number of nitrogens with zero attached hydrogens (tertiary/aromatic N) is 4. The molecule has 6 rings (SSSR count). The third kappa shape index (κ3) is 6.22. The van der Waals surface area contributed by atoms with E-state index in [1.54, 1.807) is 24.3 Å². The first-order chi connectivity index (χ1) is 20.0. The van der Waals surface area contributed by atoms with Crippen molar-refractivity contribution in [2.75, 3.05) is 19.6 Å². The van der Waals surface area contributed by atoms with Crippen LogP contribution in [0.15, 0.2) is 72.9 Å². The maximum atomic E-state index is 13.9. The van der Waals surface area contributed by atoms with Gasteiger partial charge in [-0.15, -0.1) is 0 Å². The Morgan fingerprint density at radius 1 is 0.878 bits per heavy atom. The molecule has 1 aliphatic carbocycles. The molecule has 0 bridgehead atoms. The molecule has 3 fully saturated rings. The van der Waals surface area contributed by atoms with Gasteiger partial charge >= 0.3 is 6.03 Å². The number of urea groups is 1. The summed E-state index contributed by atoms with van der Waals surface area (Å²) < 4.78 is 5.82. The summed E-state index contributed by atoms with van der Waals surface area (Å²) in [6.45, 7) is 3.52. The number of amides is 3. The van der Waals surface area contributed by atoms with Gasteiger partial charge in [-0.05, 0) is 61.1 Å². The van der Waals surface area contributed by atoms with E-state index in [2.05, 4.69) is 50.0 Å². The van der Waals surface area contributed by atoms with Crippen LogP contribution in [0, 0.1) is 0 Å². The Labute approximate surface area is 242 Å². The van der Waals surface area contributed by atoms with E-state index >= 15 is 0 Å². The predicted molar refractivity (Wildman–Crippen MR) is 158 cm³/mol. The lowest BCUT2D eigenvalue weighted by Crippen LogP contribution is -2.48. The number of carbonyl (C=O) groups is 2. The van der Waals surface area contributed by atoms with E-state index in [-0.39, 0.29) is 18.1 Å². The molecule has 2 aromatic carbocycles. The Hall–Kier alpha value is -3.91. The molecule has 214 valence electrons. The van der Waals surface area contributed by atoms with Crippen LogP contribution in [-0.4, -0.2) is 63.3 Å². The van der Waals surface area contributed by atoms with Crippen molar-refractivity contribution in [3.63, 3.8) is 0 Å². The van der Waals surface area contributed by atoms with Gasteiger partial charge in [0.25, 0.3) is 0 Å². The van der Waals surface area contributed by atoms with Crippen molar-refractivity contribution in [3.8, 4) is 11.6 Å². The molecule has 3 heterocycles. The lowest BCUT2D eigenvalue weighted by molar-refractivity contribution is 0.1000. The van der Waals surface area contributed by atoms with Gasteiger partial charge in [0, 0.05) is 56.1 Å². The van der Waals surface area contributed by atoms with Crippen molar-refractivity contribution in [1.82, 2.24) is 19.7 Å². The van der Waals surface area contributed by atoms with Crippen LogP contribution < -0.4 is 10.5 Å². The number of primary amides is 1. The van der Waals surface area contributed by atoms with E-state index in [1.165, 1.54) is 24.8 Å². The molecule has 8 nitrogen and oxygen atoms in total. The Morgan fingerprint density at radius 2 is 1.61 bits per heavy atom. The molecule has 8 heteroatoms. The van der Waals surface area contributed by atoms with Gasteiger partial charge in [0.05, 0.1) is 6.04 Å². The third-order valence-electron chi connectivity index (χ3n) is 8.89. The third-order valence-corrected chi connectivity index (χ3v) is 8.89. The van der Waals surface area contributed by atoms with Crippen LogP contribution in [0.1, 0.15) is 72.5 Å². The number of hydrogen-bond acceptors (Lipinski definition) is 5. The maximum Gasteiger partial charge on any atom is 0.321 e. The van der Waals surface area contributed by atoms with Crippen LogP contribution in [-0.2, 0) is 6.54 Å². The monoisotopic (exact) mass is 553 g/mol. The fraction of sp³-hybridized carbons (Fsp3) is 0.424. The quantitative estimate of drug-likeness (QED) is 0.384. The highest BCUT2D eigenvalue weighted by Crippen LogP contribution is 2.38. The number of pyridine rings is 1. The summed E-state index contributed by atoms with van der Waals surface area (Å²) in [5.41, 5.74) is 8.12. The van der Waals surface area contributed by atoms with Gasteiger partial charge in [0.1, 0.15) is 5.75 Å². The summed E-state index contributed by atoms with van der Waals surface area (Å²) in [6.07, 6.45) is 9.84. The smallest absolute Gasteiger partial charge is 0.321 e. The molecule has 3 amide bonds. The Morgan fingerprint density at radius 3 is 2.27 bits per heavy atom. The van der Waals surface area contributed by atoms with Crippen LogP contribution in [0.2, 0.25) is 0 Å². The van der Waals surface area contributed by atoms with E-state index < -0.39 is 5.91 Å². The fourth-order valence-electron chi connectivity index (χ4n) is 6.67. The van der Waals surface area contributed by atoms with E-state index in [0.717, 1.165) is 57.4 Å². The lowest BCUT2D eigenvalue weighted by atomic mass is 9.94. The van der Waals surface area contributed by atoms with E-state index in [4.69, 9.17) is 10.5 Å². The number of ether oxygens (including phenoxy) is 1. The molecule has 3 aliphatic rings. The highest BCUT2D eigenvalue weighted by Gasteiger charge is 2.45. The van der Waals surface area contributed by atoms with Gasteiger partial charge in [-0.2, -0.15) is 0 Å². The lowest BCUT2D eigenvalue weighted by Gasteiger charge is -2.39. The molecular weight excluding hydrogens is 514 g/mol. The topological polar surface area (TPSA) is 92.0 Å². The fourth-order valence-corrected chi connectivity index (χ4v) is 6.67. The molecule has 1 aromatic heterocycles. The maximum absolute atomic E-state index is 13.9. The van der Waals surface area contributed by atoms with Crippen molar-refractivity contribution < 1.29 is 14.3 Å². The number of carbonyl (C=O) groups excluding carboxylic acids is 2.